The summed E-state index contributed by atoms with van der Waals surface area (Å²) in [6.07, 6.45) is -2.36. The first-order chi connectivity index (χ1) is 13.3. The lowest BCUT2D eigenvalue weighted by atomic mass is 10.1. The van der Waals surface area contributed by atoms with Gasteiger partial charge in [0, 0.05) is 25.5 Å². The van der Waals surface area contributed by atoms with E-state index in [9.17, 15) is 23.1 Å². The zero-order chi connectivity index (χ0) is 20.3. The fourth-order valence-electron chi connectivity index (χ4n) is 3.19. The number of aliphatic hydroxyl groups excluding tert-OH is 1. The number of aliphatic hydroxyl groups is 1. The summed E-state index contributed by atoms with van der Waals surface area (Å²) in [7, 11) is 1.86. The molecule has 1 atom stereocenters. The molecule has 2 heterocycles. The predicted molar refractivity (Wildman–Crippen MR) is 99.0 cm³/mol. The lowest BCUT2D eigenvalue weighted by Crippen LogP contribution is -2.44. The SMILES string of the molecule is CN1c2cccnc2CN(C(=O)Nc2cccc(C(F)(F)F)c2)CCC1CO. The number of halogens is 3. The molecule has 1 unspecified atom stereocenters. The molecule has 6 nitrogen and oxygen atoms in total. The number of carbonyl (C=O) groups is 1. The lowest BCUT2D eigenvalue weighted by Gasteiger charge is -2.35. The number of carbonyl (C=O) groups excluding carboxylic acids is 1. The molecule has 0 fully saturated rings. The van der Waals surface area contributed by atoms with Gasteiger partial charge in [0.1, 0.15) is 0 Å². The van der Waals surface area contributed by atoms with E-state index in [0.717, 1.165) is 17.8 Å². The van der Waals surface area contributed by atoms with Gasteiger partial charge in [-0.3, -0.25) is 4.98 Å². The molecule has 1 aliphatic rings. The first-order valence-corrected chi connectivity index (χ1v) is 8.80. The molecule has 0 saturated heterocycles. The number of anilines is 2. The second-order valence-electron chi connectivity index (χ2n) is 6.64. The van der Waals surface area contributed by atoms with Crippen LogP contribution in [0.5, 0.6) is 0 Å². The highest BCUT2D eigenvalue weighted by Gasteiger charge is 2.31. The number of nitrogens with one attached hydrogen (secondary N) is 1. The molecule has 150 valence electrons. The summed E-state index contributed by atoms with van der Waals surface area (Å²) in [4.78, 5) is 20.5. The molecule has 0 aliphatic carbocycles. The molecule has 2 N–H and O–H groups in total. The van der Waals surface area contributed by atoms with Crippen molar-refractivity contribution >= 4 is 17.4 Å². The first kappa shape index (κ1) is 19.9. The maximum atomic E-state index is 12.9. The van der Waals surface area contributed by atoms with Crippen LogP contribution >= 0.6 is 0 Å². The zero-order valence-corrected chi connectivity index (χ0v) is 15.3. The molecule has 0 bridgehead atoms. The molecular weight excluding hydrogens is 373 g/mol. The smallest absolute Gasteiger partial charge is 0.394 e. The Hall–Kier alpha value is -2.81. The van der Waals surface area contributed by atoms with Crippen molar-refractivity contribution in [3.63, 3.8) is 0 Å². The minimum absolute atomic E-state index is 0.0685. The number of rotatable bonds is 2. The summed E-state index contributed by atoms with van der Waals surface area (Å²) in [5.74, 6) is 0. The Bertz CT molecular complexity index is 844. The number of aromatic nitrogens is 1. The van der Waals surface area contributed by atoms with Gasteiger partial charge in [0.05, 0.1) is 36.1 Å². The van der Waals surface area contributed by atoms with Crippen molar-refractivity contribution in [2.45, 2.75) is 25.2 Å². The number of alkyl halides is 3. The Labute approximate surface area is 160 Å². The fraction of sp³-hybridized carbons (Fsp3) is 0.368. The van der Waals surface area contributed by atoms with Crippen LogP contribution < -0.4 is 10.2 Å². The number of likely N-dealkylation sites (N-methyl/N-ethyl adjacent to an activating group) is 1. The van der Waals surface area contributed by atoms with Gasteiger partial charge in [0.15, 0.2) is 0 Å². The van der Waals surface area contributed by atoms with Gasteiger partial charge >= 0.3 is 12.2 Å². The summed E-state index contributed by atoms with van der Waals surface area (Å²) in [5.41, 5.74) is 0.700. The third-order valence-corrected chi connectivity index (χ3v) is 4.81. The lowest BCUT2D eigenvalue weighted by molar-refractivity contribution is -0.137. The molecule has 1 aromatic heterocycles. The molecular formula is C19H21F3N4O2. The van der Waals surface area contributed by atoms with Gasteiger partial charge in [-0.15, -0.1) is 0 Å². The largest absolute Gasteiger partial charge is 0.416 e. The van der Waals surface area contributed by atoms with E-state index in [1.54, 1.807) is 12.3 Å². The summed E-state index contributed by atoms with van der Waals surface area (Å²) in [6.45, 7) is 0.452. The van der Waals surface area contributed by atoms with Crippen LogP contribution in [0, 0.1) is 0 Å². The summed E-state index contributed by atoms with van der Waals surface area (Å²) < 4.78 is 38.6. The molecule has 9 heteroatoms. The van der Waals surface area contributed by atoms with Gasteiger partial charge in [0.25, 0.3) is 0 Å². The summed E-state index contributed by atoms with van der Waals surface area (Å²) in [5, 5.41) is 12.2. The highest BCUT2D eigenvalue weighted by Crippen LogP contribution is 2.31. The van der Waals surface area contributed by atoms with Crippen LogP contribution in [0.4, 0.5) is 29.3 Å². The van der Waals surface area contributed by atoms with Crippen LogP contribution in [-0.2, 0) is 12.7 Å². The molecule has 0 saturated carbocycles. The van der Waals surface area contributed by atoms with Crippen LogP contribution in [-0.4, -0.2) is 47.3 Å². The van der Waals surface area contributed by atoms with Crippen LogP contribution in [0.1, 0.15) is 17.7 Å². The normalized spacial score (nSPS) is 17.5. The molecule has 0 spiro atoms. The fourth-order valence-corrected chi connectivity index (χ4v) is 3.19. The number of fused-ring (bicyclic) bond motifs is 1. The summed E-state index contributed by atoms with van der Waals surface area (Å²) >= 11 is 0. The number of hydrogen-bond donors (Lipinski definition) is 2. The Morgan fingerprint density at radius 1 is 1.32 bits per heavy atom. The van der Waals surface area contributed by atoms with E-state index in [2.05, 4.69) is 10.3 Å². The number of hydrogen-bond acceptors (Lipinski definition) is 4. The quantitative estimate of drug-likeness (QED) is 0.820. The van der Waals surface area contributed by atoms with Gasteiger partial charge in [-0.25, -0.2) is 4.79 Å². The van der Waals surface area contributed by atoms with E-state index >= 15 is 0 Å². The zero-order valence-electron chi connectivity index (χ0n) is 15.3. The number of benzene rings is 1. The van der Waals surface area contributed by atoms with E-state index < -0.39 is 17.8 Å². The minimum Gasteiger partial charge on any atom is -0.394 e. The maximum Gasteiger partial charge on any atom is 0.416 e. The standard InChI is InChI=1S/C19H21F3N4O2/c1-25-15(12-27)7-9-26(11-16-17(25)6-3-8-23-16)18(28)24-14-5-2-4-13(10-14)19(20,21)22/h2-6,8,10,15,27H,7,9,11-12H2,1H3,(H,24,28). The number of amides is 2. The second kappa shape index (κ2) is 8.05. The van der Waals surface area contributed by atoms with Gasteiger partial charge in [-0.2, -0.15) is 13.2 Å². The Morgan fingerprint density at radius 2 is 2.11 bits per heavy atom. The van der Waals surface area contributed by atoms with E-state index in [1.807, 2.05) is 18.0 Å². The predicted octanol–water partition coefficient (Wildman–Crippen LogP) is 3.34. The van der Waals surface area contributed by atoms with Crippen molar-refractivity contribution in [1.82, 2.24) is 9.88 Å². The molecule has 2 amide bonds. The van der Waals surface area contributed by atoms with Crippen LogP contribution in [0.25, 0.3) is 0 Å². The van der Waals surface area contributed by atoms with Crippen LogP contribution in [0.2, 0.25) is 0 Å². The molecule has 28 heavy (non-hydrogen) atoms. The van der Waals surface area contributed by atoms with Crippen molar-refractivity contribution in [3.8, 4) is 0 Å². The van der Waals surface area contributed by atoms with E-state index in [-0.39, 0.29) is 24.9 Å². The van der Waals surface area contributed by atoms with Gasteiger partial charge in [-0.05, 0) is 36.8 Å². The molecule has 1 aliphatic heterocycles. The van der Waals surface area contributed by atoms with Gasteiger partial charge in [-0.1, -0.05) is 6.07 Å². The van der Waals surface area contributed by atoms with Crippen molar-refractivity contribution < 1.29 is 23.1 Å². The van der Waals surface area contributed by atoms with Crippen molar-refractivity contribution in [2.75, 3.05) is 30.4 Å². The van der Waals surface area contributed by atoms with E-state index in [1.165, 1.54) is 17.0 Å². The van der Waals surface area contributed by atoms with Gasteiger partial charge in [0.2, 0.25) is 0 Å². The first-order valence-electron chi connectivity index (χ1n) is 8.80. The van der Waals surface area contributed by atoms with Crippen LogP contribution in [0.3, 0.4) is 0 Å². The molecule has 1 aromatic carbocycles. The Balaban J connectivity index is 1.81. The Kier molecular flexibility index (Phi) is 5.73. The number of pyridine rings is 1. The third kappa shape index (κ3) is 4.36. The number of nitrogens with zero attached hydrogens (tertiary/aromatic N) is 3. The van der Waals surface area contributed by atoms with Crippen LogP contribution in [0.15, 0.2) is 42.6 Å². The molecule has 3 rings (SSSR count). The maximum absolute atomic E-state index is 12.9. The molecule has 2 aromatic rings. The number of urea groups is 1. The monoisotopic (exact) mass is 394 g/mol. The van der Waals surface area contributed by atoms with Crippen molar-refractivity contribution in [3.05, 3.63) is 53.9 Å². The van der Waals surface area contributed by atoms with Gasteiger partial charge < -0.3 is 20.2 Å². The summed E-state index contributed by atoms with van der Waals surface area (Å²) in [6, 6.07) is 7.43. The highest BCUT2D eigenvalue weighted by molar-refractivity contribution is 5.89. The Morgan fingerprint density at radius 3 is 2.82 bits per heavy atom. The van der Waals surface area contributed by atoms with E-state index in [4.69, 9.17) is 0 Å². The van der Waals surface area contributed by atoms with Crippen molar-refractivity contribution in [2.24, 2.45) is 0 Å². The second-order valence-corrected chi connectivity index (χ2v) is 6.64. The average Bonchev–Trinajstić information content (AvgIpc) is 2.65. The third-order valence-electron chi connectivity index (χ3n) is 4.81. The topological polar surface area (TPSA) is 68.7 Å². The highest BCUT2D eigenvalue weighted by atomic mass is 19.4. The average molecular weight is 394 g/mol. The van der Waals surface area contributed by atoms with E-state index in [0.29, 0.717) is 18.7 Å². The minimum atomic E-state index is -4.48. The molecule has 0 radical (unpaired) electrons. The van der Waals surface area contributed by atoms with Crippen molar-refractivity contribution in [1.29, 1.82) is 0 Å².